The van der Waals surface area contributed by atoms with Gasteiger partial charge in [-0.3, -0.25) is 4.90 Å². The molecule has 0 bridgehead atoms. The molecule has 1 fully saturated rings. The Labute approximate surface area is 226 Å². The van der Waals surface area contributed by atoms with Gasteiger partial charge in [0.05, 0.1) is 6.27 Å². The highest BCUT2D eigenvalue weighted by Crippen LogP contribution is 2.24. The van der Waals surface area contributed by atoms with Gasteiger partial charge in [0.2, 0.25) is 16.0 Å². The van der Waals surface area contributed by atoms with Gasteiger partial charge in [0.1, 0.15) is 18.2 Å². The lowest BCUT2D eigenvalue weighted by Crippen LogP contribution is -2.40. The Morgan fingerprint density at radius 3 is 2.59 bits per heavy atom. The molecule has 1 aliphatic rings. The minimum Gasteiger partial charge on any atom is -0.492 e. The van der Waals surface area contributed by atoms with Crippen LogP contribution in [0.25, 0.3) is 0 Å². The minimum absolute atomic E-state index is 0.0933. The first-order valence-corrected chi connectivity index (χ1v) is 13.5. The van der Waals surface area contributed by atoms with Gasteiger partial charge in [-0.1, -0.05) is 6.07 Å². The number of benzene rings is 2. The molecule has 0 spiro atoms. The number of rotatable bonds is 10. The summed E-state index contributed by atoms with van der Waals surface area (Å²) in [5.74, 6) is 1.22. The van der Waals surface area contributed by atoms with Crippen LogP contribution in [0.2, 0.25) is 0 Å². The molecule has 10 heteroatoms. The standard InChI is InChI=1S/C27H36N6O3S/c1-20-19-28-26(30-21-10-12-23(13-11-21)36-17-16-33-14-5-6-15-33)31-25(20)29-22-8-7-9-24(18-22)37(34,35)32-27(2,3)4/h7-13,18-19,32H,5-6,14-17H2,1-4H3,(H2,28,29,30,31)/i2D3,16D,17D. The normalized spacial score (nSPS) is 18.5. The van der Waals surface area contributed by atoms with Gasteiger partial charge < -0.3 is 15.4 Å². The predicted octanol–water partition coefficient (Wildman–Crippen LogP) is 4.82. The molecule has 0 radical (unpaired) electrons. The topological polar surface area (TPSA) is 108 Å². The molecule has 4 rings (SSSR count). The number of anilines is 4. The molecule has 2 unspecified atom stereocenters. The number of aromatic nitrogens is 2. The molecule has 37 heavy (non-hydrogen) atoms. The Morgan fingerprint density at radius 1 is 1.11 bits per heavy atom. The van der Waals surface area contributed by atoms with Crippen molar-refractivity contribution >= 4 is 33.2 Å². The van der Waals surface area contributed by atoms with Crippen LogP contribution in [0.15, 0.2) is 59.6 Å². The maximum absolute atomic E-state index is 12.9. The molecule has 2 heterocycles. The maximum atomic E-state index is 12.9. The first-order valence-electron chi connectivity index (χ1n) is 14.7. The summed E-state index contributed by atoms with van der Waals surface area (Å²) >= 11 is 0. The van der Waals surface area contributed by atoms with Crippen LogP contribution in [-0.4, -0.2) is 55.0 Å². The van der Waals surface area contributed by atoms with Gasteiger partial charge in [0.15, 0.2) is 0 Å². The molecule has 0 amide bonds. The van der Waals surface area contributed by atoms with Crippen molar-refractivity contribution in [3.63, 3.8) is 0 Å². The van der Waals surface area contributed by atoms with Crippen molar-refractivity contribution in [1.82, 2.24) is 19.6 Å². The quantitative estimate of drug-likeness (QED) is 0.343. The Kier molecular flexibility index (Phi) is 6.44. The molecule has 1 aromatic heterocycles. The minimum atomic E-state index is -4.13. The first kappa shape index (κ1) is 20.8. The third kappa shape index (κ3) is 7.88. The van der Waals surface area contributed by atoms with Crippen LogP contribution in [0, 0.1) is 6.92 Å². The van der Waals surface area contributed by atoms with E-state index in [-0.39, 0.29) is 4.90 Å². The Hall–Kier alpha value is -3.21. The number of nitrogens with one attached hydrogen (secondary N) is 3. The highest BCUT2D eigenvalue weighted by atomic mass is 32.2. The van der Waals surface area contributed by atoms with E-state index in [4.69, 9.17) is 11.6 Å². The van der Waals surface area contributed by atoms with E-state index in [9.17, 15) is 8.42 Å². The van der Waals surface area contributed by atoms with Crippen LogP contribution in [0.4, 0.5) is 23.1 Å². The molecule has 3 aromatic rings. The summed E-state index contributed by atoms with van der Waals surface area (Å²) in [6.07, 6.45) is 3.70. The molecule has 0 aliphatic carbocycles. The number of sulfonamides is 1. The van der Waals surface area contributed by atoms with Gasteiger partial charge in [-0.05, 0) is 96.0 Å². The summed E-state index contributed by atoms with van der Waals surface area (Å²) in [6.45, 7) is 1.77. The highest BCUT2D eigenvalue weighted by molar-refractivity contribution is 7.89. The van der Waals surface area contributed by atoms with Crippen molar-refractivity contribution in [2.75, 3.05) is 36.8 Å². The zero-order chi connectivity index (χ0) is 30.7. The molecule has 2 aromatic carbocycles. The van der Waals surface area contributed by atoms with Crippen molar-refractivity contribution < 1.29 is 20.0 Å². The van der Waals surface area contributed by atoms with Gasteiger partial charge >= 0.3 is 0 Å². The smallest absolute Gasteiger partial charge is 0.241 e. The fraction of sp³-hybridized carbons (Fsp3) is 0.407. The van der Waals surface area contributed by atoms with Gasteiger partial charge in [-0.2, -0.15) is 4.98 Å². The van der Waals surface area contributed by atoms with Crippen molar-refractivity contribution in [2.24, 2.45) is 0 Å². The fourth-order valence-electron chi connectivity index (χ4n) is 3.73. The van der Waals surface area contributed by atoms with Crippen molar-refractivity contribution in [1.29, 1.82) is 0 Å². The van der Waals surface area contributed by atoms with Crippen molar-refractivity contribution in [2.45, 2.75) is 50.9 Å². The van der Waals surface area contributed by atoms with E-state index in [2.05, 4.69) is 25.3 Å². The number of hydrogen-bond donors (Lipinski definition) is 3. The molecule has 1 aliphatic heterocycles. The van der Waals surface area contributed by atoms with Crippen molar-refractivity contribution in [3.05, 3.63) is 60.3 Å². The van der Waals surface area contributed by atoms with E-state index in [1.54, 1.807) is 49.5 Å². The SMILES string of the molecule is [2H]C(Oc1ccc(Nc2ncc(C)c(Nc3cccc(S(=O)(=O)NC(C)(C)C([2H])([2H])[2H])c3)n2)cc1)C([2H])N1CCCC1. The molecule has 1 saturated heterocycles. The molecular weight excluding hydrogens is 488 g/mol. The number of aryl methyl sites for hydroxylation is 1. The summed E-state index contributed by atoms with van der Waals surface area (Å²) in [5.41, 5.74) is 0.162. The predicted molar refractivity (Wildman–Crippen MR) is 147 cm³/mol. The summed E-state index contributed by atoms with van der Waals surface area (Å²) in [5, 5.41) is 6.22. The zero-order valence-corrected chi connectivity index (χ0v) is 22.0. The highest BCUT2D eigenvalue weighted by Gasteiger charge is 2.22. The van der Waals surface area contributed by atoms with Gasteiger partial charge in [0.25, 0.3) is 0 Å². The molecule has 198 valence electrons. The summed E-state index contributed by atoms with van der Waals surface area (Å²) in [7, 11) is -4.13. The van der Waals surface area contributed by atoms with Crippen LogP contribution >= 0.6 is 0 Å². The van der Waals surface area contributed by atoms with Crippen LogP contribution in [-0.2, 0) is 10.0 Å². The maximum Gasteiger partial charge on any atom is 0.241 e. The van der Waals surface area contributed by atoms with Crippen LogP contribution in [0.3, 0.4) is 0 Å². The number of nitrogens with zero attached hydrogens (tertiary/aromatic N) is 3. The first-order chi connectivity index (χ1) is 19.6. The number of hydrogen-bond acceptors (Lipinski definition) is 8. The van der Waals surface area contributed by atoms with E-state index in [0.29, 0.717) is 34.5 Å². The number of ether oxygens (including phenoxy) is 1. The lowest BCUT2D eigenvalue weighted by atomic mass is 10.1. The average molecular weight is 530 g/mol. The van der Waals surface area contributed by atoms with E-state index >= 15 is 0 Å². The molecule has 3 N–H and O–H groups in total. The molecule has 9 nitrogen and oxygen atoms in total. The van der Waals surface area contributed by atoms with Crippen LogP contribution < -0.4 is 20.1 Å². The van der Waals surface area contributed by atoms with E-state index in [1.165, 1.54) is 26.0 Å². The second kappa shape index (κ2) is 11.5. The molecular formula is C27H36N6O3S. The monoisotopic (exact) mass is 529 g/mol. The van der Waals surface area contributed by atoms with Gasteiger partial charge in [0, 0.05) is 40.7 Å². The second-order valence-corrected chi connectivity index (χ2v) is 11.1. The third-order valence-electron chi connectivity index (χ3n) is 5.50. The second-order valence-electron chi connectivity index (χ2n) is 9.40. The lowest BCUT2D eigenvalue weighted by molar-refractivity contribution is 0.238. The Bertz CT molecular complexity index is 1480. The van der Waals surface area contributed by atoms with E-state index in [0.717, 1.165) is 25.9 Å². The third-order valence-corrected chi connectivity index (χ3v) is 7.15. The van der Waals surface area contributed by atoms with Crippen LogP contribution in [0.5, 0.6) is 5.75 Å². The fourth-order valence-corrected chi connectivity index (χ4v) is 5.06. The van der Waals surface area contributed by atoms with Gasteiger partial charge in [-0.25, -0.2) is 18.1 Å². The van der Waals surface area contributed by atoms with E-state index in [1.807, 2.05) is 4.90 Å². The summed E-state index contributed by atoms with van der Waals surface area (Å²) in [4.78, 5) is 10.7. The average Bonchev–Trinajstić information content (AvgIpc) is 3.45. The van der Waals surface area contributed by atoms with Crippen molar-refractivity contribution in [3.8, 4) is 5.75 Å². The van der Waals surface area contributed by atoms with Crippen LogP contribution in [0.1, 0.15) is 46.0 Å². The van der Waals surface area contributed by atoms with Gasteiger partial charge in [-0.15, -0.1) is 0 Å². The zero-order valence-electron chi connectivity index (χ0n) is 26.2. The molecule has 0 saturated carbocycles. The summed E-state index contributed by atoms with van der Waals surface area (Å²) in [6, 6.07) is 12.9. The number of likely N-dealkylation sites (tertiary alicyclic amines) is 1. The lowest BCUT2D eigenvalue weighted by Gasteiger charge is -2.20. The Balaban J connectivity index is 1.43. The summed E-state index contributed by atoms with van der Waals surface area (Å²) < 4.78 is 73.2. The van der Waals surface area contributed by atoms with E-state index < -0.39 is 35.5 Å². The molecule has 2 atom stereocenters. The Morgan fingerprint density at radius 2 is 1.86 bits per heavy atom. The largest absolute Gasteiger partial charge is 0.492 e.